The van der Waals surface area contributed by atoms with Gasteiger partial charge in [0.2, 0.25) is 0 Å². The zero-order chi connectivity index (χ0) is 18.4. The van der Waals surface area contributed by atoms with Crippen LogP contribution in [0.2, 0.25) is 0 Å². The molecule has 3 fully saturated rings. The van der Waals surface area contributed by atoms with Crippen LogP contribution in [0.1, 0.15) is 43.2 Å². The highest BCUT2D eigenvalue weighted by Gasteiger charge is 2.44. The van der Waals surface area contributed by atoms with E-state index in [0.717, 1.165) is 56.4 Å². The SMILES string of the molecule is COc1cc2c(cc1OC)C1(CCN(C[C@H]3C[C@@H]4CC[C@H]3O4)CC1)OCC2. The van der Waals surface area contributed by atoms with Crippen LogP contribution in [0.3, 0.4) is 0 Å². The molecule has 5 heteroatoms. The van der Waals surface area contributed by atoms with Crippen molar-refractivity contribution in [2.24, 2.45) is 5.92 Å². The van der Waals surface area contributed by atoms with E-state index in [-0.39, 0.29) is 5.60 Å². The number of hydrogen-bond acceptors (Lipinski definition) is 5. The second-order valence-corrected chi connectivity index (χ2v) is 8.63. The molecule has 2 bridgehead atoms. The smallest absolute Gasteiger partial charge is 0.161 e. The van der Waals surface area contributed by atoms with Crippen molar-refractivity contribution in [2.45, 2.75) is 56.3 Å². The number of ether oxygens (including phenoxy) is 4. The molecule has 0 unspecified atom stereocenters. The summed E-state index contributed by atoms with van der Waals surface area (Å²) in [5, 5.41) is 0. The van der Waals surface area contributed by atoms with E-state index < -0.39 is 0 Å². The van der Waals surface area contributed by atoms with E-state index in [1.165, 1.54) is 36.9 Å². The Morgan fingerprint density at radius 3 is 2.56 bits per heavy atom. The molecule has 27 heavy (non-hydrogen) atoms. The molecule has 0 radical (unpaired) electrons. The Hall–Kier alpha value is -1.30. The van der Waals surface area contributed by atoms with Gasteiger partial charge in [-0.15, -0.1) is 0 Å². The number of rotatable bonds is 4. The van der Waals surface area contributed by atoms with Crippen molar-refractivity contribution < 1.29 is 18.9 Å². The maximum absolute atomic E-state index is 6.43. The first-order valence-corrected chi connectivity index (χ1v) is 10.5. The van der Waals surface area contributed by atoms with Crippen LogP contribution in [0.25, 0.3) is 0 Å². The average Bonchev–Trinajstić information content (AvgIpc) is 3.32. The van der Waals surface area contributed by atoms with Gasteiger partial charge in [-0.1, -0.05) is 0 Å². The van der Waals surface area contributed by atoms with Gasteiger partial charge in [0.05, 0.1) is 38.6 Å². The summed E-state index contributed by atoms with van der Waals surface area (Å²) in [6.07, 6.45) is 7.94. The Morgan fingerprint density at radius 1 is 1.11 bits per heavy atom. The second-order valence-electron chi connectivity index (χ2n) is 8.63. The molecule has 4 aliphatic heterocycles. The molecule has 4 heterocycles. The van der Waals surface area contributed by atoms with Crippen molar-refractivity contribution in [3.63, 3.8) is 0 Å². The van der Waals surface area contributed by atoms with Crippen LogP contribution >= 0.6 is 0 Å². The highest BCUT2D eigenvalue weighted by molar-refractivity contribution is 5.50. The van der Waals surface area contributed by atoms with Crippen molar-refractivity contribution >= 4 is 0 Å². The Balaban J connectivity index is 1.31. The molecule has 1 spiro atoms. The topological polar surface area (TPSA) is 40.2 Å². The second kappa shape index (κ2) is 6.94. The minimum atomic E-state index is -0.158. The summed E-state index contributed by atoms with van der Waals surface area (Å²) in [5.41, 5.74) is 2.51. The van der Waals surface area contributed by atoms with Gasteiger partial charge >= 0.3 is 0 Å². The monoisotopic (exact) mass is 373 g/mol. The third-order valence-electron chi connectivity index (χ3n) is 7.24. The Morgan fingerprint density at radius 2 is 1.89 bits per heavy atom. The molecule has 0 saturated carbocycles. The lowest BCUT2D eigenvalue weighted by atomic mass is 9.78. The maximum atomic E-state index is 6.43. The minimum absolute atomic E-state index is 0.158. The Bertz CT molecular complexity index is 698. The third kappa shape index (κ3) is 3.04. The summed E-state index contributed by atoms with van der Waals surface area (Å²) in [5.74, 6) is 2.37. The van der Waals surface area contributed by atoms with Gasteiger partial charge in [0.25, 0.3) is 0 Å². The predicted molar refractivity (Wildman–Crippen MR) is 103 cm³/mol. The van der Waals surface area contributed by atoms with Gasteiger partial charge in [0.15, 0.2) is 11.5 Å². The van der Waals surface area contributed by atoms with E-state index in [0.29, 0.717) is 12.2 Å². The molecule has 0 amide bonds. The largest absolute Gasteiger partial charge is 0.493 e. The van der Waals surface area contributed by atoms with Crippen LogP contribution in [0.4, 0.5) is 0 Å². The van der Waals surface area contributed by atoms with Gasteiger partial charge in [0, 0.05) is 25.6 Å². The zero-order valence-corrected chi connectivity index (χ0v) is 16.5. The summed E-state index contributed by atoms with van der Waals surface area (Å²) >= 11 is 0. The van der Waals surface area contributed by atoms with Crippen LogP contribution in [0.5, 0.6) is 11.5 Å². The van der Waals surface area contributed by atoms with Crippen molar-refractivity contribution in [1.82, 2.24) is 4.90 Å². The van der Waals surface area contributed by atoms with Gasteiger partial charge in [0.1, 0.15) is 0 Å². The first-order valence-electron chi connectivity index (χ1n) is 10.5. The van der Waals surface area contributed by atoms with Crippen LogP contribution in [-0.2, 0) is 21.5 Å². The Kier molecular flexibility index (Phi) is 4.57. The molecule has 1 aromatic carbocycles. The standard InChI is InChI=1S/C22H31NO4/c1-24-20-12-15-5-10-26-22(18(15)13-21(20)25-2)6-8-23(9-7-22)14-16-11-17-3-4-19(16)27-17/h12-13,16-17,19H,3-11,14H2,1-2H3/t16-,17+,19-/m1/s1. The molecule has 3 saturated heterocycles. The van der Waals surface area contributed by atoms with Crippen LogP contribution in [0, 0.1) is 5.92 Å². The molecule has 0 aliphatic carbocycles. The van der Waals surface area contributed by atoms with Gasteiger partial charge < -0.3 is 23.8 Å². The molecule has 4 aliphatic rings. The number of fused-ring (bicyclic) bond motifs is 4. The first-order chi connectivity index (χ1) is 13.2. The maximum Gasteiger partial charge on any atom is 0.161 e. The normalized spacial score (nSPS) is 31.9. The quantitative estimate of drug-likeness (QED) is 0.811. The number of piperidine rings is 1. The molecule has 5 rings (SSSR count). The van der Waals surface area contributed by atoms with Crippen molar-refractivity contribution in [1.29, 1.82) is 0 Å². The van der Waals surface area contributed by atoms with E-state index >= 15 is 0 Å². The molecular formula is C22H31NO4. The molecular weight excluding hydrogens is 342 g/mol. The predicted octanol–water partition coefficient (Wildman–Crippen LogP) is 3.14. The number of nitrogens with zero attached hydrogens (tertiary/aromatic N) is 1. The van der Waals surface area contributed by atoms with Crippen molar-refractivity contribution in [2.75, 3.05) is 40.5 Å². The van der Waals surface area contributed by atoms with Crippen molar-refractivity contribution in [3.8, 4) is 11.5 Å². The lowest BCUT2D eigenvalue weighted by Crippen LogP contribution is -2.48. The van der Waals surface area contributed by atoms with E-state index in [9.17, 15) is 0 Å². The fraction of sp³-hybridized carbons (Fsp3) is 0.727. The zero-order valence-electron chi connectivity index (χ0n) is 16.5. The number of hydrogen-bond donors (Lipinski definition) is 0. The fourth-order valence-corrected chi connectivity index (χ4v) is 5.76. The minimum Gasteiger partial charge on any atom is -0.493 e. The van der Waals surface area contributed by atoms with Gasteiger partial charge in [-0.05, 0) is 61.8 Å². The first kappa shape index (κ1) is 17.8. The van der Waals surface area contributed by atoms with Crippen LogP contribution in [-0.4, -0.2) is 57.6 Å². The van der Waals surface area contributed by atoms with Gasteiger partial charge in [-0.2, -0.15) is 0 Å². The summed E-state index contributed by atoms with van der Waals surface area (Å²) in [6.45, 7) is 4.18. The lowest BCUT2D eigenvalue weighted by molar-refractivity contribution is -0.0999. The number of likely N-dealkylation sites (tertiary alicyclic amines) is 1. The molecule has 0 aromatic heterocycles. The number of methoxy groups -OCH3 is 2. The van der Waals surface area contributed by atoms with E-state index in [1.807, 2.05) is 0 Å². The summed E-state index contributed by atoms with van der Waals surface area (Å²) in [7, 11) is 3.41. The number of benzene rings is 1. The van der Waals surface area contributed by atoms with E-state index in [4.69, 9.17) is 18.9 Å². The third-order valence-corrected chi connectivity index (χ3v) is 7.24. The molecule has 1 aromatic rings. The highest BCUT2D eigenvalue weighted by atomic mass is 16.5. The highest BCUT2D eigenvalue weighted by Crippen LogP contribution is 2.46. The lowest BCUT2D eigenvalue weighted by Gasteiger charge is -2.46. The van der Waals surface area contributed by atoms with E-state index in [1.54, 1.807) is 14.2 Å². The van der Waals surface area contributed by atoms with Gasteiger partial charge in [-0.3, -0.25) is 0 Å². The summed E-state index contributed by atoms with van der Waals surface area (Å²) < 4.78 is 23.6. The summed E-state index contributed by atoms with van der Waals surface area (Å²) in [4.78, 5) is 2.64. The summed E-state index contributed by atoms with van der Waals surface area (Å²) in [6, 6.07) is 4.31. The average molecular weight is 373 g/mol. The Labute approximate surface area is 161 Å². The molecule has 148 valence electrons. The van der Waals surface area contributed by atoms with Crippen LogP contribution in [0.15, 0.2) is 12.1 Å². The molecule has 3 atom stereocenters. The van der Waals surface area contributed by atoms with Gasteiger partial charge in [-0.25, -0.2) is 0 Å². The van der Waals surface area contributed by atoms with Crippen LogP contribution < -0.4 is 9.47 Å². The van der Waals surface area contributed by atoms with Crippen molar-refractivity contribution in [3.05, 3.63) is 23.3 Å². The fourth-order valence-electron chi connectivity index (χ4n) is 5.76. The van der Waals surface area contributed by atoms with E-state index in [2.05, 4.69) is 17.0 Å². The molecule has 5 nitrogen and oxygen atoms in total. The molecule has 0 N–H and O–H groups in total.